The van der Waals surface area contributed by atoms with Crippen LogP contribution in [-0.2, 0) is 14.4 Å². The molecule has 4 atom stereocenters. The van der Waals surface area contributed by atoms with Crippen molar-refractivity contribution in [1.82, 2.24) is 15.5 Å². The summed E-state index contributed by atoms with van der Waals surface area (Å²) in [6.45, 7) is 8.94. The molecule has 1 heterocycles. The zero-order valence-corrected chi connectivity index (χ0v) is 19.1. The Bertz CT molecular complexity index is 826. The smallest absolute Gasteiger partial charge is 0.246 e. The molecular formula is C24H35N3O4. The molecule has 1 saturated heterocycles. The number of aliphatic hydroxyl groups is 1. The molecule has 7 nitrogen and oxygen atoms in total. The van der Waals surface area contributed by atoms with Gasteiger partial charge in [-0.05, 0) is 42.2 Å². The van der Waals surface area contributed by atoms with Crippen LogP contribution < -0.4 is 10.6 Å². The van der Waals surface area contributed by atoms with Gasteiger partial charge in [-0.1, -0.05) is 45.0 Å². The summed E-state index contributed by atoms with van der Waals surface area (Å²) in [4.78, 5) is 39.4. The fourth-order valence-electron chi connectivity index (χ4n) is 4.19. The Morgan fingerprint density at radius 1 is 1.10 bits per heavy atom. The van der Waals surface area contributed by atoms with E-state index in [1.54, 1.807) is 0 Å². The second-order valence-electron chi connectivity index (χ2n) is 10.1. The lowest BCUT2D eigenvalue weighted by molar-refractivity contribution is -0.144. The maximum Gasteiger partial charge on any atom is 0.246 e. The van der Waals surface area contributed by atoms with Crippen LogP contribution in [0, 0.1) is 5.41 Å². The molecule has 0 aromatic heterocycles. The van der Waals surface area contributed by atoms with E-state index >= 15 is 0 Å². The Morgan fingerprint density at radius 2 is 1.71 bits per heavy atom. The molecule has 0 radical (unpaired) electrons. The number of β-amino-alcohol motifs (C(OH)–C–C–N with tert-alkyl or cyclic N) is 1. The molecule has 0 bridgehead atoms. The number of benzene rings is 1. The number of hydrogen-bond acceptors (Lipinski definition) is 4. The summed E-state index contributed by atoms with van der Waals surface area (Å²) in [5, 5.41) is 15.9. The summed E-state index contributed by atoms with van der Waals surface area (Å²) in [5.74, 6) is -0.268. The average molecular weight is 430 g/mol. The molecule has 2 fully saturated rings. The first-order valence-electron chi connectivity index (χ1n) is 11.1. The fraction of sp³-hybridized carbons (Fsp3) is 0.625. The van der Waals surface area contributed by atoms with Crippen molar-refractivity contribution in [2.45, 2.75) is 84.0 Å². The molecule has 1 aromatic rings. The third-order valence-corrected chi connectivity index (χ3v) is 6.17. The van der Waals surface area contributed by atoms with Crippen molar-refractivity contribution in [2.75, 3.05) is 6.54 Å². The second-order valence-corrected chi connectivity index (χ2v) is 10.1. The topological polar surface area (TPSA) is 98.7 Å². The zero-order chi connectivity index (χ0) is 22.9. The van der Waals surface area contributed by atoms with E-state index in [1.165, 1.54) is 30.2 Å². The molecule has 1 aromatic carbocycles. The Balaban J connectivity index is 1.70. The summed E-state index contributed by atoms with van der Waals surface area (Å²) in [5.41, 5.74) is 1.80. The quantitative estimate of drug-likeness (QED) is 0.646. The van der Waals surface area contributed by atoms with Crippen molar-refractivity contribution in [3.05, 3.63) is 35.4 Å². The molecule has 0 unspecified atom stereocenters. The van der Waals surface area contributed by atoms with Gasteiger partial charge in [0.2, 0.25) is 17.7 Å². The van der Waals surface area contributed by atoms with Gasteiger partial charge in [-0.15, -0.1) is 0 Å². The highest BCUT2D eigenvalue weighted by Gasteiger charge is 2.44. The van der Waals surface area contributed by atoms with E-state index in [0.29, 0.717) is 5.92 Å². The summed E-state index contributed by atoms with van der Waals surface area (Å²) in [7, 11) is 0. The third-order valence-electron chi connectivity index (χ3n) is 6.17. The third kappa shape index (κ3) is 5.64. The minimum atomic E-state index is -0.780. The number of carbonyl (C=O) groups excluding carboxylic acids is 3. The predicted molar refractivity (Wildman–Crippen MR) is 118 cm³/mol. The van der Waals surface area contributed by atoms with Crippen molar-refractivity contribution < 1.29 is 19.5 Å². The van der Waals surface area contributed by atoms with Crippen LogP contribution in [0.1, 0.15) is 77.0 Å². The summed E-state index contributed by atoms with van der Waals surface area (Å²) in [6, 6.07) is 6.55. The first-order valence-corrected chi connectivity index (χ1v) is 11.1. The lowest BCUT2D eigenvalue weighted by Gasteiger charge is -2.35. The number of nitrogens with one attached hydrogen (secondary N) is 2. The molecule has 2 aliphatic rings. The van der Waals surface area contributed by atoms with E-state index in [0.717, 1.165) is 5.56 Å². The Hall–Kier alpha value is -2.41. The maximum absolute atomic E-state index is 13.3. The molecule has 1 aliphatic heterocycles. The molecule has 170 valence electrons. The van der Waals surface area contributed by atoms with E-state index in [2.05, 4.69) is 22.8 Å². The van der Waals surface area contributed by atoms with E-state index in [1.807, 2.05) is 39.8 Å². The molecule has 3 amide bonds. The fourth-order valence-corrected chi connectivity index (χ4v) is 4.19. The molecule has 1 saturated carbocycles. The second kappa shape index (κ2) is 8.99. The van der Waals surface area contributed by atoms with Gasteiger partial charge in [-0.2, -0.15) is 0 Å². The Morgan fingerprint density at radius 3 is 2.23 bits per heavy atom. The van der Waals surface area contributed by atoms with Crippen molar-refractivity contribution >= 4 is 17.7 Å². The summed E-state index contributed by atoms with van der Waals surface area (Å²) >= 11 is 0. The van der Waals surface area contributed by atoms with Crippen molar-refractivity contribution in [3.63, 3.8) is 0 Å². The van der Waals surface area contributed by atoms with Crippen LogP contribution in [0.3, 0.4) is 0 Å². The molecule has 7 heteroatoms. The molecule has 3 rings (SSSR count). The van der Waals surface area contributed by atoms with Crippen molar-refractivity contribution in [2.24, 2.45) is 5.41 Å². The van der Waals surface area contributed by atoms with Gasteiger partial charge in [-0.3, -0.25) is 14.4 Å². The van der Waals surface area contributed by atoms with Crippen LogP contribution in [0.15, 0.2) is 24.3 Å². The maximum atomic E-state index is 13.3. The average Bonchev–Trinajstić information content (AvgIpc) is 3.46. The van der Waals surface area contributed by atoms with Crippen LogP contribution in [0.5, 0.6) is 0 Å². The van der Waals surface area contributed by atoms with Gasteiger partial charge < -0.3 is 20.6 Å². The number of carbonyl (C=O) groups is 3. The number of nitrogens with zero attached hydrogens (tertiary/aromatic N) is 1. The van der Waals surface area contributed by atoms with Crippen LogP contribution in [0.4, 0.5) is 0 Å². The van der Waals surface area contributed by atoms with Gasteiger partial charge >= 0.3 is 0 Å². The van der Waals surface area contributed by atoms with Crippen molar-refractivity contribution in [1.29, 1.82) is 0 Å². The predicted octanol–water partition coefficient (Wildman–Crippen LogP) is 2.25. The van der Waals surface area contributed by atoms with Crippen LogP contribution in [-0.4, -0.2) is 52.5 Å². The minimum Gasteiger partial charge on any atom is -0.391 e. The first-order chi connectivity index (χ1) is 14.5. The van der Waals surface area contributed by atoms with E-state index in [4.69, 9.17) is 0 Å². The van der Waals surface area contributed by atoms with Gasteiger partial charge in [0.1, 0.15) is 12.1 Å². The molecule has 3 N–H and O–H groups in total. The SMILES string of the molecule is CC(=O)N[C@H](C(=O)N1C[C@H](O)C[C@H]1C(=O)N[C@@H](C)c1ccc(C2CC2)cc1)C(C)(C)C. The van der Waals surface area contributed by atoms with Gasteiger partial charge in [-0.25, -0.2) is 0 Å². The molecule has 0 spiro atoms. The van der Waals surface area contributed by atoms with Crippen LogP contribution in [0.2, 0.25) is 0 Å². The highest BCUT2D eigenvalue weighted by Crippen LogP contribution is 2.40. The molecule has 31 heavy (non-hydrogen) atoms. The highest BCUT2D eigenvalue weighted by atomic mass is 16.3. The van der Waals surface area contributed by atoms with Gasteiger partial charge in [0.15, 0.2) is 0 Å². The van der Waals surface area contributed by atoms with Crippen LogP contribution >= 0.6 is 0 Å². The summed E-state index contributed by atoms with van der Waals surface area (Å²) < 4.78 is 0. The first kappa shape index (κ1) is 23.3. The molecular weight excluding hydrogens is 394 g/mol. The Labute approximate surface area is 184 Å². The van der Waals surface area contributed by atoms with Gasteiger partial charge in [0, 0.05) is 19.9 Å². The summed E-state index contributed by atoms with van der Waals surface area (Å²) in [6.07, 6.45) is 1.90. The Kier molecular flexibility index (Phi) is 6.74. The van der Waals surface area contributed by atoms with E-state index in [9.17, 15) is 19.5 Å². The monoisotopic (exact) mass is 429 g/mol. The standard InChI is InChI=1S/C24H35N3O4/c1-14(16-6-8-17(9-7-16)18-10-11-18)25-22(30)20-12-19(29)13-27(20)23(31)21(24(3,4)5)26-15(2)28/h6-9,14,18-21,29H,10-13H2,1-5H3,(H,25,30)(H,26,28)/t14-,19+,20-,21+/m0/s1. The van der Waals surface area contributed by atoms with Gasteiger partial charge in [0.25, 0.3) is 0 Å². The van der Waals surface area contributed by atoms with E-state index in [-0.39, 0.29) is 36.7 Å². The molecule has 1 aliphatic carbocycles. The number of hydrogen-bond donors (Lipinski definition) is 3. The number of rotatable bonds is 6. The minimum absolute atomic E-state index is 0.0769. The van der Waals surface area contributed by atoms with Crippen molar-refractivity contribution in [3.8, 4) is 0 Å². The lowest BCUT2D eigenvalue weighted by atomic mass is 9.85. The largest absolute Gasteiger partial charge is 0.391 e. The van der Waals surface area contributed by atoms with Gasteiger partial charge in [0.05, 0.1) is 12.1 Å². The lowest BCUT2D eigenvalue weighted by Crippen LogP contribution is -2.57. The normalized spacial score (nSPS) is 23.2. The number of aliphatic hydroxyl groups excluding tert-OH is 1. The van der Waals surface area contributed by atoms with Crippen LogP contribution in [0.25, 0.3) is 0 Å². The van der Waals surface area contributed by atoms with E-state index < -0.39 is 23.6 Å². The number of likely N-dealkylation sites (tertiary alicyclic amines) is 1. The zero-order valence-electron chi connectivity index (χ0n) is 19.1. The number of amides is 3. The highest BCUT2D eigenvalue weighted by molar-refractivity contribution is 5.93.